The van der Waals surface area contributed by atoms with E-state index in [-0.39, 0.29) is 17.8 Å². The summed E-state index contributed by atoms with van der Waals surface area (Å²) in [6.07, 6.45) is 4.21. The number of ether oxygens (including phenoxy) is 1. The number of nitrogens with zero attached hydrogens (tertiary/aromatic N) is 2. The van der Waals surface area contributed by atoms with E-state index < -0.39 is 0 Å². The van der Waals surface area contributed by atoms with Gasteiger partial charge in [0, 0.05) is 30.7 Å². The number of H-pyrrole nitrogens is 1. The van der Waals surface area contributed by atoms with Crippen LogP contribution in [0.1, 0.15) is 16.9 Å². The van der Waals surface area contributed by atoms with Crippen molar-refractivity contribution in [3.63, 3.8) is 0 Å². The van der Waals surface area contributed by atoms with Gasteiger partial charge in [-0.1, -0.05) is 30.3 Å². The standard InChI is InChI=1S/C24H20FN3O2/c25-19-8-6-16(7-9-19)18-13-21(27-14-18)24(29)28-12-10-20(15-28)30-22-5-1-3-17-4-2-11-26-23(17)22/h1-9,11,13-14,20,27H,10,12,15H2. The third kappa shape index (κ3) is 3.52. The minimum absolute atomic E-state index is 0.0643. The number of carbonyl (C=O) groups excluding carboxylic acids is 1. The Balaban J connectivity index is 1.28. The first-order valence-electron chi connectivity index (χ1n) is 9.91. The summed E-state index contributed by atoms with van der Waals surface area (Å²) in [7, 11) is 0. The second kappa shape index (κ2) is 7.63. The minimum Gasteiger partial charge on any atom is -0.486 e. The number of halogens is 1. The second-order valence-electron chi connectivity index (χ2n) is 7.42. The van der Waals surface area contributed by atoms with Crippen molar-refractivity contribution in [3.05, 3.63) is 84.6 Å². The van der Waals surface area contributed by atoms with Crippen molar-refractivity contribution in [1.82, 2.24) is 14.9 Å². The molecule has 1 fully saturated rings. The molecule has 0 bridgehead atoms. The molecule has 3 heterocycles. The van der Waals surface area contributed by atoms with Gasteiger partial charge in [-0.2, -0.15) is 0 Å². The predicted molar refractivity (Wildman–Crippen MR) is 113 cm³/mol. The van der Waals surface area contributed by atoms with Crippen molar-refractivity contribution in [3.8, 4) is 16.9 Å². The number of likely N-dealkylation sites (tertiary alicyclic amines) is 1. The number of para-hydroxylation sites is 1. The molecule has 2 aromatic heterocycles. The zero-order valence-electron chi connectivity index (χ0n) is 16.2. The van der Waals surface area contributed by atoms with E-state index >= 15 is 0 Å². The smallest absolute Gasteiger partial charge is 0.270 e. The number of pyridine rings is 1. The number of aromatic amines is 1. The highest BCUT2D eigenvalue weighted by atomic mass is 19.1. The molecule has 30 heavy (non-hydrogen) atoms. The molecule has 5 nitrogen and oxygen atoms in total. The largest absolute Gasteiger partial charge is 0.486 e. The lowest BCUT2D eigenvalue weighted by Crippen LogP contribution is -2.31. The Labute approximate surface area is 173 Å². The lowest BCUT2D eigenvalue weighted by molar-refractivity contribution is 0.0767. The second-order valence-corrected chi connectivity index (χ2v) is 7.42. The molecule has 1 aliphatic rings. The van der Waals surface area contributed by atoms with Crippen LogP contribution in [0.25, 0.3) is 22.0 Å². The molecule has 1 atom stereocenters. The fourth-order valence-electron chi connectivity index (χ4n) is 3.86. The molecule has 1 aliphatic heterocycles. The molecule has 5 rings (SSSR count). The molecule has 0 spiro atoms. The molecular weight excluding hydrogens is 381 g/mol. The van der Waals surface area contributed by atoms with Gasteiger partial charge in [-0.05, 0) is 41.5 Å². The molecule has 1 unspecified atom stereocenters. The topological polar surface area (TPSA) is 58.2 Å². The van der Waals surface area contributed by atoms with Gasteiger partial charge in [-0.15, -0.1) is 0 Å². The van der Waals surface area contributed by atoms with E-state index in [1.165, 1.54) is 12.1 Å². The lowest BCUT2D eigenvalue weighted by Gasteiger charge is -2.17. The van der Waals surface area contributed by atoms with E-state index in [1.807, 2.05) is 30.3 Å². The molecule has 0 aliphatic carbocycles. The van der Waals surface area contributed by atoms with E-state index in [0.717, 1.165) is 34.2 Å². The Morgan fingerprint density at radius 2 is 1.93 bits per heavy atom. The van der Waals surface area contributed by atoms with Crippen LogP contribution in [-0.4, -0.2) is 40.0 Å². The SMILES string of the molecule is O=C(c1cc(-c2ccc(F)cc2)c[nH]1)N1CCC(Oc2cccc3cccnc23)C1. The summed E-state index contributed by atoms with van der Waals surface area (Å²) in [5.74, 6) is 0.395. The average molecular weight is 401 g/mol. The zero-order chi connectivity index (χ0) is 20.5. The Kier molecular flexibility index (Phi) is 4.67. The van der Waals surface area contributed by atoms with Gasteiger partial charge in [0.05, 0.1) is 6.54 Å². The average Bonchev–Trinajstić information content (AvgIpc) is 3.44. The Morgan fingerprint density at radius 1 is 1.10 bits per heavy atom. The highest BCUT2D eigenvalue weighted by Gasteiger charge is 2.29. The summed E-state index contributed by atoms with van der Waals surface area (Å²) < 4.78 is 19.3. The van der Waals surface area contributed by atoms with Crippen LogP contribution in [0.4, 0.5) is 4.39 Å². The van der Waals surface area contributed by atoms with Gasteiger partial charge in [0.1, 0.15) is 28.9 Å². The maximum atomic E-state index is 13.1. The molecule has 4 aromatic rings. The summed E-state index contributed by atoms with van der Waals surface area (Å²) in [5.41, 5.74) is 3.06. The van der Waals surface area contributed by atoms with Gasteiger partial charge in [0.2, 0.25) is 0 Å². The van der Waals surface area contributed by atoms with E-state index in [9.17, 15) is 9.18 Å². The van der Waals surface area contributed by atoms with E-state index in [0.29, 0.717) is 18.8 Å². The summed E-state index contributed by atoms with van der Waals surface area (Å²) >= 11 is 0. The normalized spacial score (nSPS) is 16.2. The molecule has 150 valence electrons. The number of fused-ring (bicyclic) bond motifs is 1. The Morgan fingerprint density at radius 3 is 2.80 bits per heavy atom. The van der Waals surface area contributed by atoms with Crippen LogP contribution in [0, 0.1) is 5.82 Å². The van der Waals surface area contributed by atoms with Gasteiger partial charge >= 0.3 is 0 Å². The van der Waals surface area contributed by atoms with Crippen LogP contribution < -0.4 is 4.74 Å². The summed E-state index contributed by atoms with van der Waals surface area (Å²) in [4.78, 5) is 22.2. The maximum Gasteiger partial charge on any atom is 0.270 e. The minimum atomic E-state index is -0.282. The van der Waals surface area contributed by atoms with Gasteiger partial charge in [0.25, 0.3) is 5.91 Å². The van der Waals surface area contributed by atoms with Crippen LogP contribution >= 0.6 is 0 Å². The summed E-state index contributed by atoms with van der Waals surface area (Å²) in [5, 5.41) is 1.03. The van der Waals surface area contributed by atoms with Crippen molar-refractivity contribution in [1.29, 1.82) is 0 Å². The lowest BCUT2D eigenvalue weighted by atomic mass is 10.1. The molecule has 1 amide bonds. The van der Waals surface area contributed by atoms with Gasteiger partial charge in [0.15, 0.2) is 0 Å². The molecule has 1 N–H and O–H groups in total. The van der Waals surface area contributed by atoms with Crippen LogP contribution in [0.5, 0.6) is 5.75 Å². The van der Waals surface area contributed by atoms with Gasteiger partial charge in [-0.3, -0.25) is 9.78 Å². The van der Waals surface area contributed by atoms with Crippen molar-refractivity contribution >= 4 is 16.8 Å². The summed E-state index contributed by atoms with van der Waals surface area (Å²) in [6.45, 7) is 1.15. The van der Waals surface area contributed by atoms with Gasteiger partial charge in [-0.25, -0.2) is 4.39 Å². The van der Waals surface area contributed by atoms with Crippen molar-refractivity contribution in [2.75, 3.05) is 13.1 Å². The first-order chi connectivity index (χ1) is 14.7. The molecule has 0 saturated carbocycles. The highest BCUT2D eigenvalue weighted by Crippen LogP contribution is 2.27. The molecule has 6 heteroatoms. The quantitative estimate of drug-likeness (QED) is 0.541. The van der Waals surface area contributed by atoms with E-state index in [2.05, 4.69) is 9.97 Å². The number of nitrogens with one attached hydrogen (secondary N) is 1. The van der Waals surface area contributed by atoms with E-state index in [1.54, 1.807) is 35.5 Å². The fourth-order valence-corrected chi connectivity index (χ4v) is 3.86. The van der Waals surface area contributed by atoms with Crippen LogP contribution in [0.3, 0.4) is 0 Å². The maximum absolute atomic E-state index is 13.1. The number of hydrogen-bond acceptors (Lipinski definition) is 3. The van der Waals surface area contributed by atoms with E-state index in [4.69, 9.17) is 4.74 Å². The monoisotopic (exact) mass is 401 g/mol. The number of rotatable bonds is 4. The van der Waals surface area contributed by atoms with Crippen molar-refractivity contribution in [2.45, 2.75) is 12.5 Å². The first kappa shape index (κ1) is 18.4. The molecule has 2 aromatic carbocycles. The van der Waals surface area contributed by atoms with Crippen LogP contribution in [0.2, 0.25) is 0 Å². The Bertz CT molecular complexity index is 1200. The molecule has 1 saturated heterocycles. The third-order valence-corrected chi connectivity index (χ3v) is 5.41. The Hall–Kier alpha value is -3.67. The fraction of sp³-hybridized carbons (Fsp3) is 0.167. The number of carbonyl (C=O) groups is 1. The number of aromatic nitrogens is 2. The first-order valence-corrected chi connectivity index (χ1v) is 9.91. The van der Waals surface area contributed by atoms with Crippen molar-refractivity contribution < 1.29 is 13.9 Å². The zero-order valence-corrected chi connectivity index (χ0v) is 16.2. The van der Waals surface area contributed by atoms with Gasteiger partial charge < -0.3 is 14.6 Å². The number of benzene rings is 2. The predicted octanol–water partition coefficient (Wildman–Crippen LogP) is 4.66. The van der Waals surface area contributed by atoms with Crippen molar-refractivity contribution in [2.24, 2.45) is 0 Å². The highest BCUT2D eigenvalue weighted by molar-refractivity contribution is 5.94. The van der Waals surface area contributed by atoms with Crippen LogP contribution in [-0.2, 0) is 0 Å². The number of hydrogen-bond donors (Lipinski definition) is 1. The molecule has 0 radical (unpaired) electrons. The molecular formula is C24H20FN3O2. The summed E-state index contributed by atoms with van der Waals surface area (Å²) in [6, 6.07) is 17.8. The third-order valence-electron chi connectivity index (χ3n) is 5.41. The van der Waals surface area contributed by atoms with Crippen LogP contribution in [0.15, 0.2) is 73.1 Å². The number of amides is 1.